The molecule has 0 aliphatic carbocycles. The minimum atomic E-state index is -0.350. The van der Waals surface area contributed by atoms with Crippen molar-refractivity contribution in [3.05, 3.63) is 58.9 Å². The van der Waals surface area contributed by atoms with Crippen molar-refractivity contribution in [3.8, 4) is 11.5 Å². The van der Waals surface area contributed by atoms with Crippen LogP contribution in [0.3, 0.4) is 0 Å². The fourth-order valence-corrected chi connectivity index (χ4v) is 4.05. The smallest absolute Gasteiger partial charge is 0.197 e. The number of hydrogen-bond donors (Lipinski definition) is 2. The van der Waals surface area contributed by atoms with Gasteiger partial charge in [-0.1, -0.05) is 56.5 Å². The zero-order valence-electron chi connectivity index (χ0n) is 21.0. The summed E-state index contributed by atoms with van der Waals surface area (Å²) >= 11 is 0. The van der Waals surface area contributed by atoms with Crippen molar-refractivity contribution in [2.45, 2.75) is 58.3 Å². The van der Waals surface area contributed by atoms with Crippen molar-refractivity contribution in [1.82, 2.24) is 10.6 Å². The quantitative estimate of drug-likeness (QED) is 0.247. The van der Waals surface area contributed by atoms with E-state index in [1.54, 1.807) is 13.2 Å². The van der Waals surface area contributed by atoms with Crippen LogP contribution in [0, 0.1) is 5.82 Å². The van der Waals surface area contributed by atoms with Crippen LogP contribution in [0.2, 0.25) is 0 Å². The Kier molecular flexibility index (Phi) is 18.9. The monoisotopic (exact) mass is 516 g/mol. The molecule has 0 aliphatic heterocycles. The van der Waals surface area contributed by atoms with Crippen molar-refractivity contribution in [2.24, 2.45) is 0 Å². The zero-order valence-corrected chi connectivity index (χ0v) is 22.6. The molecule has 7 heteroatoms. The molecule has 0 fully saturated rings. The normalized spacial score (nSPS) is 10.4. The van der Waals surface area contributed by atoms with Gasteiger partial charge in [-0.2, -0.15) is 0 Å². The lowest BCUT2D eigenvalue weighted by molar-refractivity contribution is 0.333. The van der Waals surface area contributed by atoms with Gasteiger partial charge in [0.2, 0.25) is 0 Å². The van der Waals surface area contributed by atoms with E-state index in [1.807, 2.05) is 0 Å². The molecule has 0 spiro atoms. The molecule has 4 nitrogen and oxygen atoms in total. The first-order valence-corrected chi connectivity index (χ1v) is 12.1. The molecule has 0 saturated heterocycles. The van der Waals surface area contributed by atoms with Gasteiger partial charge in [0.1, 0.15) is 0 Å². The topological polar surface area (TPSA) is 42.5 Å². The van der Waals surface area contributed by atoms with Gasteiger partial charge in [0.15, 0.2) is 17.3 Å². The van der Waals surface area contributed by atoms with Gasteiger partial charge < -0.3 is 20.1 Å². The molecule has 0 unspecified atom stereocenters. The average Bonchev–Trinajstić information content (AvgIpc) is 2.81. The Labute approximate surface area is 218 Å². The number of ether oxygens (including phenoxy) is 2. The first-order chi connectivity index (χ1) is 15.7. The summed E-state index contributed by atoms with van der Waals surface area (Å²) in [5.74, 6) is 0.403. The van der Waals surface area contributed by atoms with E-state index in [0.29, 0.717) is 5.75 Å². The van der Waals surface area contributed by atoms with Crippen molar-refractivity contribution in [1.29, 1.82) is 0 Å². The third-order valence-electron chi connectivity index (χ3n) is 5.76. The maximum atomic E-state index is 14.4. The minimum absolute atomic E-state index is 0. The molecule has 0 atom stereocenters. The Morgan fingerprint density at radius 2 is 1.32 bits per heavy atom. The van der Waals surface area contributed by atoms with Crippen molar-refractivity contribution >= 4 is 24.8 Å². The summed E-state index contributed by atoms with van der Waals surface area (Å²) in [6, 6.07) is 12.2. The summed E-state index contributed by atoms with van der Waals surface area (Å²) in [5.41, 5.74) is 3.47. The van der Waals surface area contributed by atoms with E-state index in [-0.39, 0.29) is 36.4 Å². The van der Waals surface area contributed by atoms with Crippen LogP contribution in [0.25, 0.3) is 0 Å². The SMILES string of the molecule is CCCc1c(CCNCCCCCCNCCc2ccccc2)cc(F)c(OC)c1OC.Cl.Cl. The minimum Gasteiger partial charge on any atom is -0.492 e. The van der Waals surface area contributed by atoms with Crippen LogP contribution in [0.15, 0.2) is 36.4 Å². The third-order valence-corrected chi connectivity index (χ3v) is 5.76. The molecular formula is C27H43Cl2FN2O2. The molecule has 0 aliphatic rings. The van der Waals surface area contributed by atoms with Crippen molar-refractivity contribution in [3.63, 3.8) is 0 Å². The highest BCUT2D eigenvalue weighted by molar-refractivity contribution is 5.85. The summed E-state index contributed by atoms with van der Waals surface area (Å²) in [6.45, 7) is 6.09. The molecule has 194 valence electrons. The lowest BCUT2D eigenvalue weighted by Crippen LogP contribution is -2.20. The fraction of sp³-hybridized carbons (Fsp3) is 0.556. The Bertz CT molecular complexity index is 779. The predicted octanol–water partition coefficient (Wildman–Crippen LogP) is 6.16. The fourth-order valence-electron chi connectivity index (χ4n) is 4.05. The summed E-state index contributed by atoms with van der Waals surface area (Å²) in [4.78, 5) is 0. The van der Waals surface area contributed by atoms with Crippen LogP contribution in [-0.2, 0) is 19.3 Å². The molecule has 2 aromatic carbocycles. The molecule has 0 aromatic heterocycles. The molecule has 2 aromatic rings. The Morgan fingerprint density at radius 1 is 0.735 bits per heavy atom. The maximum Gasteiger partial charge on any atom is 0.197 e. The standard InChI is InChI=1S/C27H41FN2O2.2ClH/c1-4-12-24-23(21-25(28)27(32-3)26(24)31-2)16-20-30-18-11-6-5-10-17-29-19-15-22-13-8-7-9-14-22;;/h7-9,13-14,21,29-30H,4-6,10-12,15-20H2,1-3H3;2*1H. The summed E-state index contributed by atoms with van der Waals surface area (Å²) in [5, 5.41) is 7.04. The van der Waals surface area contributed by atoms with Gasteiger partial charge in [-0.25, -0.2) is 4.39 Å². The van der Waals surface area contributed by atoms with Gasteiger partial charge >= 0.3 is 0 Å². The number of unbranched alkanes of at least 4 members (excludes halogenated alkanes) is 3. The van der Waals surface area contributed by atoms with Gasteiger partial charge in [-0.15, -0.1) is 24.8 Å². The number of rotatable bonds is 17. The van der Waals surface area contributed by atoms with Crippen LogP contribution < -0.4 is 20.1 Å². The van der Waals surface area contributed by atoms with E-state index in [0.717, 1.165) is 63.0 Å². The number of hydrogen-bond acceptors (Lipinski definition) is 4. The Balaban J connectivity index is 0.00000544. The van der Waals surface area contributed by atoms with Crippen LogP contribution in [0.1, 0.15) is 55.7 Å². The van der Waals surface area contributed by atoms with Crippen molar-refractivity contribution in [2.75, 3.05) is 40.4 Å². The molecule has 0 amide bonds. The van der Waals surface area contributed by atoms with Gasteiger partial charge in [0.05, 0.1) is 14.2 Å². The number of benzene rings is 2. The molecular weight excluding hydrogens is 474 g/mol. The molecule has 0 heterocycles. The highest BCUT2D eigenvalue weighted by atomic mass is 35.5. The molecule has 0 bridgehead atoms. The van der Waals surface area contributed by atoms with Crippen LogP contribution in [-0.4, -0.2) is 40.4 Å². The molecule has 0 radical (unpaired) electrons. The van der Waals surface area contributed by atoms with Crippen molar-refractivity contribution < 1.29 is 13.9 Å². The summed E-state index contributed by atoms with van der Waals surface area (Å²) < 4.78 is 25.1. The lowest BCUT2D eigenvalue weighted by atomic mass is 9.98. The van der Waals surface area contributed by atoms with E-state index >= 15 is 0 Å². The number of methoxy groups -OCH3 is 2. The highest BCUT2D eigenvalue weighted by Crippen LogP contribution is 2.37. The van der Waals surface area contributed by atoms with Crippen LogP contribution >= 0.6 is 24.8 Å². The second-order valence-corrected chi connectivity index (χ2v) is 8.21. The summed E-state index contributed by atoms with van der Waals surface area (Å²) in [7, 11) is 3.07. The second-order valence-electron chi connectivity index (χ2n) is 8.21. The van der Waals surface area contributed by atoms with Gasteiger partial charge in [-0.3, -0.25) is 0 Å². The van der Waals surface area contributed by atoms with E-state index in [9.17, 15) is 4.39 Å². The molecule has 0 saturated carbocycles. The van der Waals surface area contributed by atoms with E-state index in [1.165, 1.54) is 38.4 Å². The largest absolute Gasteiger partial charge is 0.492 e. The molecule has 2 rings (SSSR count). The zero-order chi connectivity index (χ0) is 23.0. The van der Waals surface area contributed by atoms with Gasteiger partial charge in [0.25, 0.3) is 0 Å². The van der Waals surface area contributed by atoms with Crippen LogP contribution in [0.4, 0.5) is 4.39 Å². The van der Waals surface area contributed by atoms with E-state index in [2.05, 4.69) is 47.9 Å². The van der Waals surface area contributed by atoms with Crippen LogP contribution in [0.5, 0.6) is 11.5 Å². The Morgan fingerprint density at radius 3 is 1.88 bits per heavy atom. The highest BCUT2D eigenvalue weighted by Gasteiger charge is 2.19. The van der Waals surface area contributed by atoms with E-state index < -0.39 is 0 Å². The second kappa shape index (κ2) is 19.7. The molecule has 2 N–H and O–H groups in total. The number of halogens is 3. The number of nitrogens with one attached hydrogen (secondary N) is 2. The van der Waals surface area contributed by atoms with Gasteiger partial charge in [-0.05, 0) is 75.5 Å². The maximum absolute atomic E-state index is 14.4. The predicted molar refractivity (Wildman–Crippen MR) is 146 cm³/mol. The summed E-state index contributed by atoms with van der Waals surface area (Å²) in [6.07, 6.45) is 8.60. The lowest BCUT2D eigenvalue weighted by Gasteiger charge is -2.18. The van der Waals surface area contributed by atoms with E-state index in [4.69, 9.17) is 9.47 Å². The first kappa shape index (κ1) is 32.5. The first-order valence-electron chi connectivity index (χ1n) is 12.1. The molecule has 34 heavy (non-hydrogen) atoms. The van der Waals surface area contributed by atoms with Gasteiger partial charge in [0, 0.05) is 5.56 Å². The Hall–Kier alpha value is -1.53. The average molecular weight is 518 g/mol. The third kappa shape index (κ3) is 11.3.